The summed E-state index contributed by atoms with van der Waals surface area (Å²) in [7, 11) is -15.9. The fourth-order valence-corrected chi connectivity index (χ4v) is 15.5. The molecular weight excluding hydrogens is 1540 g/mol. The van der Waals surface area contributed by atoms with Gasteiger partial charge in [0.2, 0.25) is 0 Å². The monoisotopic (exact) mass is 1650 g/mol. The van der Waals surface area contributed by atoms with Gasteiger partial charge in [0, 0.05) is 71.2 Å². The Morgan fingerprint density at radius 1 is 0.231 bits per heavy atom. The van der Waals surface area contributed by atoms with Gasteiger partial charge in [-0.15, -0.1) is 0 Å². The Hall–Kier alpha value is -5.84. The van der Waals surface area contributed by atoms with Crippen molar-refractivity contribution in [3.8, 4) is 0 Å². The van der Waals surface area contributed by atoms with Gasteiger partial charge in [-0.1, -0.05) is 263 Å². The molecular formula is C87H112O10S5Y2-2. The summed E-state index contributed by atoms with van der Waals surface area (Å²) >= 11 is 0. The van der Waals surface area contributed by atoms with Gasteiger partial charge >= 0.3 is 0 Å². The Labute approximate surface area is 680 Å². The zero-order chi connectivity index (χ0) is 76.8. The van der Waals surface area contributed by atoms with Gasteiger partial charge in [0.05, 0.1) is 47.5 Å². The summed E-state index contributed by atoms with van der Waals surface area (Å²) < 4.78 is 121. The molecule has 0 fully saturated rings. The van der Waals surface area contributed by atoms with E-state index in [0.717, 1.165) is 50.1 Å². The normalized spacial score (nSPS) is 10.4. The Morgan fingerprint density at radius 3 is 0.798 bits per heavy atom. The maximum atomic E-state index is 12.2. The van der Waals surface area contributed by atoms with Crippen molar-refractivity contribution >= 4 is 49.2 Å². The summed E-state index contributed by atoms with van der Waals surface area (Å²) in [6, 6.07) is 81.5. The van der Waals surface area contributed by atoms with Gasteiger partial charge in [-0.05, 0) is 143 Å². The molecule has 0 amide bonds. The van der Waals surface area contributed by atoms with Crippen molar-refractivity contribution in [1.29, 1.82) is 0 Å². The second-order valence-corrected chi connectivity index (χ2v) is 33.2. The van der Waals surface area contributed by atoms with Gasteiger partial charge in [0.1, 0.15) is 0 Å². The Kier molecular flexibility index (Phi) is 52.7. The first kappa shape index (κ1) is 100. The number of benzene rings is 10. The minimum Gasteiger partial charge on any atom is -0.224 e. The molecule has 0 aliphatic rings. The van der Waals surface area contributed by atoms with Crippen molar-refractivity contribution in [3.05, 3.63) is 328 Å². The van der Waals surface area contributed by atoms with Gasteiger partial charge in [0.15, 0.2) is 49.2 Å². The van der Waals surface area contributed by atoms with Gasteiger partial charge < -0.3 is 0 Å². The van der Waals surface area contributed by atoms with E-state index in [1.54, 1.807) is 103 Å². The van der Waals surface area contributed by atoms with Crippen LogP contribution in [0.2, 0.25) is 0 Å². The van der Waals surface area contributed by atoms with Crippen molar-refractivity contribution in [2.45, 2.75) is 174 Å². The van der Waals surface area contributed by atoms with E-state index < -0.39 is 49.2 Å². The zero-order valence-electron chi connectivity index (χ0n) is 64.5. The minimum atomic E-state index is -3.19. The Balaban J connectivity index is 0. The van der Waals surface area contributed by atoms with E-state index in [-0.39, 0.29) is 94.2 Å². The van der Waals surface area contributed by atoms with E-state index in [4.69, 9.17) is 0 Å². The molecule has 2 radical (unpaired) electrons. The molecule has 0 atom stereocenters. The fourth-order valence-electron chi connectivity index (χ4n) is 8.93. The first-order valence-corrected chi connectivity index (χ1v) is 43.5. The van der Waals surface area contributed by atoms with Gasteiger partial charge in [-0.3, -0.25) is 0 Å². The smallest absolute Gasteiger partial charge is 0.178 e. The number of hydrogen-bond acceptors (Lipinski definition) is 10. The second kappa shape index (κ2) is 54.7. The van der Waals surface area contributed by atoms with Crippen LogP contribution in [-0.4, -0.2) is 70.9 Å². The maximum absolute atomic E-state index is 12.2. The zero-order valence-corrected chi connectivity index (χ0v) is 74.3. The molecule has 0 aliphatic heterocycles. The van der Waals surface area contributed by atoms with Crippen molar-refractivity contribution in [3.63, 3.8) is 0 Å². The summed E-state index contributed by atoms with van der Waals surface area (Å²) in [5.74, 6) is 0.712. The molecule has 17 heteroatoms. The molecule has 10 nitrogen and oxygen atoms in total. The fraction of sp³-hybridized carbons (Fsp3) is 0.310. The van der Waals surface area contributed by atoms with Gasteiger partial charge in [-0.2, -0.15) is 70.8 Å². The molecule has 104 heavy (non-hydrogen) atoms. The summed E-state index contributed by atoms with van der Waals surface area (Å²) in [6.45, 7) is 33.9. The molecule has 0 spiro atoms. The second-order valence-electron chi connectivity index (χ2n) is 22.6. The average Bonchev–Trinajstić information content (AvgIpc) is 0.879. The summed E-state index contributed by atoms with van der Waals surface area (Å²) in [5, 5.41) is 0. The topological polar surface area (TPSA) is 171 Å². The van der Waals surface area contributed by atoms with Crippen LogP contribution in [-0.2, 0) is 147 Å². The summed E-state index contributed by atoms with van der Waals surface area (Å²) in [5.41, 5.74) is 12.9. The number of rotatable bonds is 20. The third kappa shape index (κ3) is 39.7. The number of hydrogen-bond donors (Lipinski definition) is 0. The van der Waals surface area contributed by atoms with Crippen LogP contribution < -0.4 is 0 Å². The van der Waals surface area contributed by atoms with Crippen LogP contribution in [0.25, 0.3) is 0 Å². The van der Waals surface area contributed by atoms with Crippen molar-refractivity contribution in [2.24, 2.45) is 0 Å². The largest absolute Gasteiger partial charge is 0.224 e. The van der Waals surface area contributed by atoms with Crippen LogP contribution in [0, 0.1) is 60.6 Å². The molecule has 0 aliphatic carbocycles. The molecule has 0 saturated carbocycles. The van der Waals surface area contributed by atoms with Crippen molar-refractivity contribution < 1.29 is 108 Å². The molecule has 0 bridgehead atoms. The molecule has 10 aromatic carbocycles. The van der Waals surface area contributed by atoms with Crippen LogP contribution in [0.4, 0.5) is 0 Å². The first-order valence-electron chi connectivity index (χ1n) is 35.2. The van der Waals surface area contributed by atoms with Gasteiger partial charge in [0.25, 0.3) is 0 Å². The van der Waals surface area contributed by atoms with Crippen LogP contribution in [0.1, 0.15) is 136 Å². The van der Waals surface area contributed by atoms with Crippen molar-refractivity contribution in [2.75, 3.05) is 28.8 Å². The maximum Gasteiger partial charge on any atom is 0.178 e. The molecule has 10 aromatic rings. The predicted octanol–water partition coefficient (Wildman–Crippen LogP) is 20.4. The Bertz CT molecular complexity index is 4200. The van der Waals surface area contributed by atoms with Crippen LogP contribution >= 0.6 is 0 Å². The van der Waals surface area contributed by atoms with Crippen LogP contribution in [0.3, 0.4) is 0 Å². The molecule has 0 aromatic heterocycles. The minimum absolute atomic E-state index is 0. The molecule has 0 N–H and O–H groups in total. The van der Waals surface area contributed by atoms with E-state index in [0.29, 0.717) is 56.6 Å². The van der Waals surface area contributed by atoms with Crippen LogP contribution in [0.15, 0.2) is 273 Å². The molecule has 0 heterocycles. The Morgan fingerprint density at radius 2 is 0.500 bits per heavy atom. The quantitative estimate of drug-likeness (QED) is 0.0669. The van der Waals surface area contributed by atoms with E-state index in [1.807, 2.05) is 263 Å². The van der Waals surface area contributed by atoms with Crippen molar-refractivity contribution in [1.82, 2.24) is 0 Å². The number of aryl methyl sites for hydroxylation is 12. The standard InChI is InChI=1S/2C16H18O2S.C15H16O2S.2C15H15O2S.5C2H6.2Y/c1-13-3-7-15(8-4-13)11-12-19(17,18)16-9-5-14(2)6-10-16;1-13-6-8-15(9-7-13)10-11-19(17,18)16-5-3-4-14(2)12-16;3*1-13-7-9-14(10-8-13)11-12-18(16,17)15-5-3-2-4-6-15;5*1-2;;/h3-10H,11-12H2,1-2H3;3-9,12H,10-11H2,1-2H3;2-10H,11-12H2,1H3;2-7,9-10H,11-12H2,1H3;2-9H,11-12H2,1H3;5*1-2H3;;/q;;;2*-1;;;;;;;. The van der Waals surface area contributed by atoms with E-state index in [9.17, 15) is 42.1 Å². The van der Waals surface area contributed by atoms with E-state index in [1.165, 1.54) is 16.7 Å². The molecule has 0 saturated heterocycles. The summed E-state index contributed by atoms with van der Waals surface area (Å²) in [4.78, 5) is 2.00. The summed E-state index contributed by atoms with van der Waals surface area (Å²) in [6.07, 6.45) is 2.68. The SMILES string of the molecule is CC.CC.CC.CC.CC.Cc1[c-]cc(CCS(=O)(=O)c2ccccc2)cc1.Cc1c[c-]c(CCS(=O)(=O)c2ccccc2)cc1.Cc1ccc(CCS(=O)(=O)c2ccc(C)cc2)cc1.Cc1ccc(CCS(=O)(=O)c2cccc(C)c2)cc1.Cc1ccc(CCS(=O)(=O)c2ccccc2)cc1.[Y].[Y]. The average molecular weight is 1660 g/mol. The molecule has 0 unspecified atom stereocenters. The van der Waals surface area contributed by atoms with E-state index in [2.05, 4.69) is 12.1 Å². The molecule has 558 valence electrons. The third-order valence-corrected chi connectivity index (χ3v) is 23.4. The van der Waals surface area contributed by atoms with Crippen LogP contribution in [0.5, 0.6) is 0 Å². The van der Waals surface area contributed by atoms with Gasteiger partial charge in [-0.25, -0.2) is 42.1 Å². The predicted molar refractivity (Wildman–Crippen MR) is 431 cm³/mol. The first-order chi connectivity index (χ1) is 48.7. The third-order valence-electron chi connectivity index (χ3n) is 14.7. The van der Waals surface area contributed by atoms with E-state index >= 15 is 0 Å². The number of sulfone groups is 5. The molecule has 10 rings (SSSR count).